The summed E-state index contributed by atoms with van der Waals surface area (Å²) in [6.45, 7) is 4.17. The molecule has 0 radical (unpaired) electrons. The van der Waals surface area contributed by atoms with E-state index >= 15 is 0 Å². The van der Waals surface area contributed by atoms with Crippen LogP contribution in [0.1, 0.15) is 25.8 Å². The first kappa shape index (κ1) is 21.1. The highest BCUT2D eigenvalue weighted by molar-refractivity contribution is 9.10. The maximum Gasteiger partial charge on any atom is 0.251 e. The highest BCUT2D eigenvalue weighted by Crippen LogP contribution is 2.49. The Balaban J connectivity index is 1.27. The molecule has 1 saturated carbocycles. The average Bonchev–Trinajstić information content (AvgIpc) is 3.48. The number of anilines is 1. The van der Waals surface area contributed by atoms with E-state index in [1.807, 2.05) is 4.90 Å². The normalized spacial score (nSPS) is 25.4. The molecule has 2 aromatic heterocycles. The van der Waals surface area contributed by atoms with Gasteiger partial charge in [0.25, 0.3) is 5.56 Å². The van der Waals surface area contributed by atoms with Crippen molar-refractivity contribution in [2.45, 2.75) is 37.9 Å². The number of piperazine rings is 1. The number of amides is 2. The van der Waals surface area contributed by atoms with E-state index in [0.717, 1.165) is 10.9 Å². The fourth-order valence-corrected chi connectivity index (χ4v) is 5.10. The molecular formula is C22H25BrN6O3. The van der Waals surface area contributed by atoms with Gasteiger partial charge in [-0.1, -0.05) is 6.07 Å². The maximum absolute atomic E-state index is 13.4. The predicted molar refractivity (Wildman–Crippen MR) is 121 cm³/mol. The molecule has 0 aromatic carbocycles. The Labute approximate surface area is 194 Å². The summed E-state index contributed by atoms with van der Waals surface area (Å²) < 4.78 is 2.27. The van der Waals surface area contributed by atoms with Crippen LogP contribution < -0.4 is 10.5 Å². The third-order valence-corrected chi connectivity index (χ3v) is 7.16. The van der Waals surface area contributed by atoms with Gasteiger partial charge in [-0.25, -0.2) is 9.97 Å². The highest BCUT2D eigenvalue weighted by atomic mass is 79.9. The van der Waals surface area contributed by atoms with E-state index in [0.29, 0.717) is 44.5 Å². The third-order valence-electron chi connectivity index (χ3n) is 6.75. The molecule has 4 heterocycles. The van der Waals surface area contributed by atoms with Gasteiger partial charge in [-0.3, -0.25) is 14.4 Å². The lowest BCUT2D eigenvalue weighted by atomic mass is 10.1. The van der Waals surface area contributed by atoms with Crippen molar-refractivity contribution < 1.29 is 9.59 Å². The number of aromatic nitrogens is 3. The summed E-state index contributed by atoms with van der Waals surface area (Å²) in [5.41, 5.74) is -0.214. The standard InChI is InChI=1S/C22H25BrN6O3/c1-14(28-5-3-2-4-19(28)30)20(31)29-17-10-15(17)11-18(29)21(32)26-6-8-27(9-7-26)22-24-12-16(23)13-25-22/h2-5,12-15,17-18H,6-11H2,1H3/t14?,15-,17-,18-/m1/s1. The summed E-state index contributed by atoms with van der Waals surface area (Å²) in [5, 5.41) is 0. The molecule has 3 fully saturated rings. The smallest absolute Gasteiger partial charge is 0.251 e. The molecule has 9 nitrogen and oxygen atoms in total. The number of hydrogen-bond acceptors (Lipinski definition) is 6. The van der Waals surface area contributed by atoms with Crippen molar-refractivity contribution in [3.05, 3.63) is 51.6 Å². The summed E-state index contributed by atoms with van der Waals surface area (Å²) in [5.74, 6) is 0.907. The van der Waals surface area contributed by atoms with Crippen molar-refractivity contribution in [3.8, 4) is 0 Å². The Morgan fingerprint density at radius 2 is 1.81 bits per heavy atom. The zero-order valence-electron chi connectivity index (χ0n) is 17.8. The minimum atomic E-state index is -0.634. The summed E-state index contributed by atoms with van der Waals surface area (Å²) in [7, 11) is 0. The Hall–Kier alpha value is -2.75. The van der Waals surface area contributed by atoms with Crippen LogP contribution >= 0.6 is 15.9 Å². The van der Waals surface area contributed by atoms with Crippen LogP contribution in [-0.2, 0) is 9.59 Å². The molecule has 5 rings (SSSR count). The van der Waals surface area contributed by atoms with Crippen LogP contribution in [0.3, 0.4) is 0 Å². The van der Waals surface area contributed by atoms with Gasteiger partial charge in [-0.15, -0.1) is 0 Å². The van der Waals surface area contributed by atoms with Gasteiger partial charge in [0.15, 0.2) is 0 Å². The molecule has 10 heteroatoms. The van der Waals surface area contributed by atoms with Crippen LogP contribution in [0, 0.1) is 5.92 Å². The Bertz CT molecular complexity index is 1080. The van der Waals surface area contributed by atoms with Gasteiger partial charge in [-0.05, 0) is 47.7 Å². The molecule has 2 aromatic rings. The Kier molecular flexibility index (Phi) is 5.48. The molecule has 2 amide bonds. The van der Waals surface area contributed by atoms with Crippen molar-refractivity contribution in [2.75, 3.05) is 31.1 Å². The van der Waals surface area contributed by atoms with Crippen molar-refractivity contribution in [3.63, 3.8) is 0 Å². The molecule has 32 heavy (non-hydrogen) atoms. The molecule has 3 aliphatic rings. The number of hydrogen-bond donors (Lipinski definition) is 0. The molecule has 4 atom stereocenters. The first-order valence-electron chi connectivity index (χ1n) is 10.9. The number of rotatable bonds is 4. The first-order valence-corrected chi connectivity index (χ1v) is 11.7. The van der Waals surface area contributed by atoms with E-state index in [-0.39, 0.29) is 23.4 Å². The molecule has 0 N–H and O–H groups in total. The second-order valence-electron chi connectivity index (χ2n) is 8.70. The number of nitrogens with zero attached hydrogens (tertiary/aromatic N) is 6. The Morgan fingerprint density at radius 1 is 1.09 bits per heavy atom. The van der Waals surface area contributed by atoms with Crippen LogP contribution in [0.2, 0.25) is 0 Å². The van der Waals surface area contributed by atoms with Gasteiger partial charge >= 0.3 is 0 Å². The molecule has 0 spiro atoms. The van der Waals surface area contributed by atoms with Gasteiger partial charge in [0, 0.05) is 56.9 Å². The van der Waals surface area contributed by atoms with Gasteiger partial charge in [0.1, 0.15) is 12.1 Å². The lowest BCUT2D eigenvalue weighted by Gasteiger charge is -2.38. The molecule has 168 valence electrons. The summed E-state index contributed by atoms with van der Waals surface area (Å²) in [4.78, 5) is 53.3. The summed E-state index contributed by atoms with van der Waals surface area (Å²) in [6, 6.07) is 3.90. The van der Waals surface area contributed by atoms with E-state index < -0.39 is 12.1 Å². The molecule has 2 aliphatic heterocycles. The second-order valence-corrected chi connectivity index (χ2v) is 9.61. The molecule has 0 bridgehead atoms. The van der Waals surface area contributed by atoms with Crippen molar-refractivity contribution in [2.24, 2.45) is 5.92 Å². The van der Waals surface area contributed by atoms with Crippen molar-refractivity contribution >= 4 is 33.7 Å². The van der Waals surface area contributed by atoms with E-state index in [4.69, 9.17) is 0 Å². The lowest BCUT2D eigenvalue weighted by Crippen LogP contribution is -2.56. The summed E-state index contributed by atoms with van der Waals surface area (Å²) >= 11 is 3.34. The zero-order valence-corrected chi connectivity index (χ0v) is 19.4. The molecule has 2 saturated heterocycles. The van der Waals surface area contributed by atoms with Gasteiger partial charge in [0.05, 0.1) is 4.47 Å². The quantitative estimate of drug-likeness (QED) is 0.628. The van der Waals surface area contributed by atoms with E-state index in [9.17, 15) is 14.4 Å². The fourth-order valence-electron chi connectivity index (χ4n) is 4.89. The minimum absolute atomic E-state index is 0.00883. The predicted octanol–water partition coefficient (Wildman–Crippen LogP) is 1.30. The van der Waals surface area contributed by atoms with Gasteiger partial charge in [0.2, 0.25) is 17.8 Å². The zero-order chi connectivity index (χ0) is 22.4. The topological polar surface area (TPSA) is 91.6 Å². The number of pyridine rings is 1. The highest BCUT2D eigenvalue weighted by Gasteiger charge is 2.57. The van der Waals surface area contributed by atoms with Crippen molar-refractivity contribution in [1.29, 1.82) is 0 Å². The second kappa shape index (κ2) is 8.31. The van der Waals surface area contributed by atoms with Crippen molar-refractivity contribution in [1.82, 2.24) is 24.3 Å². The SMILES string of the molecule is CC(C(=O)N1[C@@H](C(=O)N2CCN(c3ncc(Br)cn3)CC2)C[C@H]2C[C@H]21)n1ccccc1=O. The Morgan fingerprint density at radius 3 is 2.50 bits per heavy atom. The van der Waals surface area contributed by atoms with Crippen LogP contribution in [0.15, 0.2) is 46.1 Å². The minimum Gasteiger partial charge on any atom is -0.337 e. The number of carbonyl (C=O) groups excluding carboxylic acids is 2. The summed E-state index contributed by atoms with van der Waals surface area (Å²) in [6.07, 6.45) is 6.72. The van der Waals surface area contributed by atoms with E-state index in [2.05, 4.69) is 30.8 Å². The average molecular weight is 501 g/mol. The number of carbonyl (C=O) groups is 2. The molecule has 1 aliphatic carbocycles. The number of halogens is 1. The van der Waals surface area contributed by atoms with E-state index in [1.54, 1.807) is 42.5 Å². The van der Waals surface area contributed by atoms with Crippen LogP contribution in [0.4, 0.5) is 5.95 Å². The van der Waals surface area contributed by atoms with E-state index in [1.165, 1.54) is 10.6 Å². The lowest BCUT2D eigenvalue weighted by molar-refractivity contribution is -0.146. The number of fused-ring (bicyclic) bond motifs is 1. The van der Waals surface area contributed by atoms with Gasteiger partial charge in [-0.2, -0.15) is 0 Å². The maximum atomic E-state index is 13.4. The molecule has 1 unspecified atom stereocenters. The van der Waals surface area contributed by atoms with Crippen LogP contribution in [-0.4, -0.2) is 74.4 Å². The van der Waals surface area contributed by atoms with Crippen LogP contribution in [0.5, 0.6) is 0 Å². The largest absolute Gasteiger partial charge is 0.337 e. The number of likely N-dealkylation sites (tertiary alicyclic amines) is 1. The molecular weight excluding hydrogens is 476 g/mol. The third kappa shape index (κ3) is 3.80. The number of piperidine rings is 1. The van der Waals surface area contributed by atoms with Crippen LogP contribution in [0.25, 0.3) is 0 Å². The fraction of sp³-hybridized carbons (Fsp3) is 0.500. The first-order chi connectivity index (χ1) is 15.4. The monoisotopic (exact) mass is 500 g/mol. The van der Waals surface area contributed by atoms with Gasteiger partial charge < -0.3 is 19.3 Å².